The predicted molar refractivity (Wildman–Crippen MR) is 48.8 cm³/mol. The fourth-order valence-corrected chi connectivity index (χ4v) is 2.09. The normalized spacial score (nSPS) is 40.2. The molecule has 0 aromatic rings. The van der Waals surface area contributed by atoms with Crippen LogP contribution >= 0.6 is 0 Å². The Morgan fingerprint density at radius 3 is 2.42 bits per heavy atom. The first kappa shape index (κ1) is 10.0. The molecule has 0 heterocycles. The molecular formula is C10H20O2. The third-order valence-corrected chi connectivity index (χ3v) is 3.62. The van der Waals surface area contributed by atoms with Crippen LogP contribution in [-0.2, 0) is 0 Å². The molecule has 0 radical (unpaired) electrons. The fraction of sp³-hybridized carbons (Fsp3) is 1.00. The average molecular weight is 172 g/mol. The second-order valence-electron chi connectivity index (χ2n) is 4.20. The van der Waals surface area contributed by atoms with E-state index in [-0.39, 0.29) is 12.0 Å². The lowest BCUT2D eigenvalue weighted by Gasteiger charge is -2.49. The van der Waals surface area contributed by atoms with Crippen molar-refractivity contribution in [3.05, 3.63) is 0 Å². The molecule has 0 aliphatic heterocycles. The van der Waals surface area contributed by atoms with E-state index in [1.54, 1.807) is 0 Å². The van der Waals surface area contributed by atoms with E-state index in [0.717, 1.165) is 19.3 Å². The second kappa shape index (κ2) is 3.35. The highest BCUT2D eigenvalue weighted by Gasteiger charge is 2.48. The van der Waals surface area contributed by atoms with E-state index in [2.05, 4.69) is 6.92 Å². The van der Waals surface area contributed by atoms with Crippen molar-refractivity contribution in [2.75, 3.05) is 0 Å². The first-order chi connectivity index (χ1) is 5.52. The smallest absolute Gasteiger partial charge is 0.0723 e. The second-order valence-corrected chi connectivity index (χ2v) is 4.20. The molecule has 0 spiro atoms. The van der Waals surface area contributed by atoms with Crippen LogP contribution < -0.4 is 0 Å². The van der Waals surface area contributed by atoms with Crippen LogP contribution in [0.5, 0.6) is 0 Å². The Morgan fingerprint density at radius 1 is 1.58 bits per heavy atom. The molecule has 0 aromatic heterocycles. The Labute approximate surface area is 74.6 Å². The summed E-state index contributed by atoms with van der Waals surface area (Å²) in [5.41, 5.74) is -0.588. The lowest BCUT2D eigenvalue weighted by Crippen LogP contribution is -2.54. The zero-order valence-corrected chi connectivity index (χ0v) is 8.25. The number of hydrogen-bond donors (Lipinski definition) is 2. The van der Waals surface area contributed by atoms with Gasteiger partial charge in [0, 0.05) is 5.92 Å². The number of aliphatic hydroxyl groups excluding tert-OH is 1. The summed E-state index contributed by atoms with van der Waals surface area (Å²) < 4.78 is 0. The van der Waals surface area contributed by atoms with Gasteiger partial charge in [-0.15, -0.1) is 0 Å². The third kappa shape index (κ3) is 1.38. The van der Waals surface area contributed by atoms with Crippen molar-refractivity contribution in [3.63, 3.8) is 0 Å². The van der Waals surface area contributed by atoms with Crippen LogP contribution in [0.25, 0.3) is 0 Å². The van der Waals surface area contributed by atoms with Gasteiger partial charge in [-0.2, -0.15) is 0 Å². The monoisotopic (exact) mass is 172 g/mol. The van der Waals surface area contributed by atoms with Gasteiger partial charge in [0.1, 0.15) is 0 Å². The van der Waals surface area contributed by atoms with Crippen molar-refractivity contribution >= 4 is 0 Å². The Balaban J connectivity index is 2.56. The minimum absolute atomic E-state index is 0.0197. The minimum atomic E-state index is -0.588. The zero-order valence-electron chi connectivity index (χ0n) is 8.25. The van der Waals surface area contributed by atoms with Crippen molar-refractivity contribution in [2.24, 2.45) is 11.8 Å². The molecule has 1 rings (SSSR count). The molecule has 4 atom stereocenters. The summed E-state index contributed by atoms with van der Waals surface area (Å²) in [4.78, 5) is 0. The molecule has 2 N–H and O–H groups in total. The molecule has 1 aliphatic rings. The molecule has 72 valence electrons. The van der Waals surface area contributed by atoms with E-state index < -0.39 is 5.60 Å². The van der Waals surface area contributed by atoms with Gasteiger partial charge in [-0.25, -0.2) is 0 Å². The molecule has 2 nitrogen and oxygen atoms in total. The summed E-state index contributed by atoms with van der Waals surface area (Å²) in [5, 5.41) is 19.7. The van der Waals surface area contributed by atoms with E-state index in [1.165, 1.54) is 0 Å². The van der Waals surface area contributed by atoms with Crippen molar-refractivity contribution in [2.45, 2.75) is 51.7 Å². The van der Waals surface area contributed by atoms with Gasteiger partial charge < -0.3 is 10.2 Å². The number of rotatable bonds is 3. The predicted octanol–water partition coefficient (Wildman–Crippen LogP) is 1.55. The molecule has 12 heavy (non-hydrogen) atoms. The Bertz CT molecular complexity index is 158. The van der Waals surface area contributed by atoms with Gasteiger partial charge >= 0.3 is 0 Å². The highest BCUT2D eigenvalue weighted by atomic mass is 16.3. The fourth-order valence-electron chi connectivity index (χ4n) is 2.09. The van der Waals surface area contributed by atoms with Crippen molar-refractivity contribution in [1.82, 2.24) is 0 Å². The van der Waals surface area contributed by atoms with Crippen LogP contribution in [0.1, 0.15) is 40.0 Å². The van der Waals surface area contributed by atoms with Gasteiger partial charge in [0.05, 0.1) is 11.7 Å². The van der Waals surface area contributed by atoms with E-state index in [0.29, 0.717) is 5.92 Å². The highest BCUT2D eigenvalue weighted by molar-refractivity contribution is 4.99. The summed E-state index contributed by atoms with van der Waals surface area (Å²) in [6.45, 7) is 5.96. The lowest BCUT2D eigenvalue weighted by molar-refractivity contribution is -0.154. The lowest BCUT2D eigenvalue weighted by atomic mass is 9.62. The first-order valence-corrected chi connectivity index (χ1v) is 4.92. The summed E-state index contributed by atoms with van der Waals surface area (Å²) in [6.07, 6.45) is 2.33. The van der Waals surface area contributed by atoms with Gasteiger partial charge in [0.2, 0.25) is 0 Å². The van der Waals surface area contributed by atoms with Gasteiger partial charge in [0.25, 0.3) is 0 Å². The molecule has 2 heteroatoms. The first-order valence-electron chi connectivity index (χ1n) is 4.92. The van der Waals surface area contributed by atoms with E-state index in [9.17, 15) is 10.2 Å². The average Bonchev–Trinajstić information content (AvgIpc) is 2.11. The Kier molecular flexibility index (Phi) is 2.79. The van der Waals surface area contributed by atoms with Crippen molar-refractivity contribution in [3.8, 4) is 0 Å². The van der Waals surface area contributed by atoms with Crippen LogP contribution in [0.3, 0.4) is 0 Å². The maximum Gasteiger partial charge on any atom is 0.0723 e. The van der Waals surface area contributed by atoms with Crippen LogP contribution in [-0.4, -0.2) is 21.9 Å². The van der Waals surface area contributed by atoms with E-state index in [1.807, 2.05) is 13.8 Å². The summed E-state index contributed by atoms with van der Waals surface area (Å²) in [6, 6.07) is 0. The third-order valence-electron chi connectivity index (χ3n) is 3.62. The van der Waals surface area contributed by atoms with Crippen LogP contribution in [0.2, 0.25) is 0 Å². The highest BCUT2D eigenvalue weighted by Crippen LogP contribution is 2.44. The number of hydrogen-bond acceptors (Lipinski definition) is 2. The molecule has 0 bridgehead atoms. The van der Waals surface area contributed by atoms with Crippen LogP contribution in [0, 0.1) is 11.8 Å². The number of aliphatic hydroxyl groups is 2. The van der Waals surface area contributed by atoms with Crippen molar-refractivity contribution in [1.29, 1.82) is 0 Å². The molecule has 1 fully saturated rings. The maximum absolute atomic E-state index is 10.1. The summed E-state index contributed by atoms with van der Waals surface area (Å²) >= 11 is 0. The van der Waals surface area contributed by atoms with Gasteiger partial charge in [-0.05, 0) is 25.2 Å². The van der Waals surface area contributed by atoms with Gasteiger partial charge in [0.15, 0.2) is 0 Å². The Morgan fingerprint density at radius 2 is 2.17 bits per heavy atom. The van der Waals surface area contributed by atoms with Gasteiger partial charge in [-0.3, -0.25) is 0 Å². The zero-order chi connectivity index (χ0) is 9.35. The van der Waals surface area contributed by atoms with Crippen molar-refractivity contribution < 1.29 is 10.2 Å². The summed E-state index contributed by atoms with van der Waals surface area (Å²) in [7, 11) is 0. The molecule has 0 aromatic carbocycles. The molecule has 1 aliphatic carbocycles. The molecule has 4 unspecified atom stereocenters. The minimum Gasteiger partial charge on any atom is -0.393 e. The molecule has 1 saturated carbocycles. The van der Waals surface area contributed by atoms with E-state index in [4.69, 9.17) is 0 Å². The topological polar surface area (TPSA) is 40.5 Å². The van der Waals surface area contributed by atoms with Gasteiger partial charge in [-0.1, -0.05) is 20.8 Å². The SMILES string of the molecule is CCC(O)C(C)C1(O)CCC1C. The molecule has 0 amide bonds. The molecule has 0 saturated heterocycles. The Hall–Kier alpha value is -0.0800. The molecular weight excluding hydrogens is 152 g/mol. The quantitative estimate of drug-likeness (QED) is 0.678. The summed E-state index contributed by atoms with van der Waals surface area (Å²) in [5.74, 6) is 0.375. The largest absolute Gasteiger partial charge is 0.393 e. The van der Waals surface area contributed by atoms with Crippen LogP contribution in [0.15, 0.2) is 0 Å². The standard InChI is InChI=1S/C10H20O2/c1-4-9(11)8(3)10(12)6-5-7(10)2/h7-9,11-12H,4-6H2,1-3H3. The maximum atomic E-state index is 10.1. The van der Waals surface area contributed by atoms with E-state index >= 15 is 0 Å². The van der Waals surface area contributed by atoms with Crippen LogP contribution in [0.4, 0.5) is 0 Å².